The lowest BCUT2D eigenvalue weighted by atomic mass is 9.60. The summed E-state index contributed by atoms with van der Waals surface area (Å²) in [6.45, 7) is 17.4. The van der Waals surface area contributed by atoms with Crippen molar-refractivity contribution >= 4 is 5.97 Å². The molecule has 1 aliphatic heterocycles. The van der Waals surface area contributed by atoms with E-state index >= 15 is 0 Å². The van der Waals surface area contributed by atoms with Crippen LogP contribution in [0.1, 0.15) is 85.5 Å². The Morgan fingerprint density at radius 2 is 1.86 bits per heavy atom. The van der Waals surface area contributed by atoms with Crippen LogP contribution >= 0.6 is 0 Å². The summed E-state index contributed by atoms with van der Waals surface area (Å²) in [5.41, 5.74) is 4.19. The number of hydrogen-bond acceptors (Lipinski definition) is 4. The van der Waals surface area contributed by atoms with Crippen molar-refractivity contribution in [2.45, 2.75) is 104 Å². The van der Waals surface area contributed by atoms with E-state index in [-0.39, 0.29) is 23.4 Å². The molecule has 1 heterocycles. The number of aliphatic hydroxyl groups excluding tert-OH is 2. The number of fused-ring (bicyclic) bond motifs is 1. The van der Waals surface area contributed by atoms with Crippen molar-refractivity contribution in [1.29, 1.82) is 0 Å². The van der Waals surface area contributed by atoms with Crippen molar-refractivity contribution in [3.63, 3.8) is 0 Å². The second kappa shape index (κ2) is 10.4. The highest BCUT2D eigenvalue weighted by Gasteiger charge is 2.51. The summed E-state index contributed by atoms with van der Waals surface area (Å²) in [6, 6.07) is 0. The van der Waals surface area contributed by atoms with Crippen molar-refractivity contribution in [1.82, 2.24) is 0 Å². The lowest BCUT2D eigenvalue weighted by molar-refractivity contribution is -0.140. The van der Waals surface area contributed by atoms with E-state index in [1.54, 1.807) is 0 Å². The monoisotopic (exact) mass is 482 g/mol. The van der Waals surface area contributed by atoms with Gasteiger partial charge in [0.05, 0.1) is 12.2 Å². The van der Waals surface area contributed by atoms with E-state index in [0.717, 1.165) is 30.4 Å². The van der Waals surface area contributed by atoms with Crippen LogP contribution in [0.25, 0.3) is 0 Å². The fourth-order valence-electron chi connectivity index (χ4n) is 7.90. The van der Waals surface area contributed by atoms with Crippen LogP contribution in [0.5, 0.6) is 0 Å². The standard InChI is InChI=1S/C31H46O4/c1-18(2)14-25-21(5)30(34)35-29(25)15-19(3)26-11-12-27-22(8-7-13-31(26,27)6)9-10-23-16-24(32)17-28(33)20(23)4/h9-10,18-19,24-29,32-33H,4-5,7-8,11-17H2,1-3,6H3/t19-,24-,25?,26-,27+,28+,29?,31-/m1/s1. The van der Waals surface area contributed by atoms with Gasteiger partial charge >= 0.3 is 5.97 Å². The highest BCUT2D eigenvalue weighted by Crippen LogP contribution is 2.60. The van der Waals surface area contributed by atoms with E-state index in [9.17, 15) is 15.0 Å². The maximum absolute atomic E-state index is 12.3. The number of ether oxygens (including phenoxy) is 1. The molecule has 35 heavy (non-hydrogen) atoms. The predicted octanol–water partition coefficient (Wildman–Crippen LogP) is 6.30. The molecule has 194 valence electrons. The molecule has 1 saturated heterocycles. The number of rotatable bonds is 6. The number of cyclic esters (lactones) is 1. The first-order valence-electron chi connectivity index (χ1n) is 13.9. The van der Waals surface area contributed by atoms with Gasteiger partial charge in [-0.05, 0) is 91.6 Å². The molecular weight excluding hydrogens is 436 g/mol. The highest BCUT2D eigenvalue weighted by molar-refractivity contribution is 5.90. The van der Waals surface area contributed by atoms with Crippen molar-refractivity contribution in [3.8, 4) is 0 Å². The number of hydrogen-bond donors (Lipinski definition) is 2. The number of aliphatic hydroxyl groups is 2. The Morgan fingerprint density at radius 3 is 2.57 bits per heavy atom. The molecule has 8 atom stereocenters. The van der Waals surface area contributed by atoms with Crippen molar-refractivity contribution in [3.05, 3.63) is 47.6 Å². The molecule has 0 radical (unpaired) electrons. The number of carbonyl (C=O) groups is 1. The molecule has 0 amide bonds. The highest BCUT2D eigenvalue weighted by atomic mass is 16.6. The van der Waals surface area contributed by atoms with Crippen LogP contribution in [0, 0.1) is 35.0 Å². The molecule has 0 aromatic rings. The second-order valence-corrected chi connectivity index (χ2v) is 12.6. The third-order valence-corrected chi connectivity index (χ3v) is 9.74. The zero-order chi connectivity index (χ0) is 25.5. The molecule has 0 aromatic heterocycles. The van der Waals surface area contributed by atoms with Crippen molar-refractivity contribution in [2.75, 3.05) is 0 Å². The van der Waals surface area contributed by atoms with Gasteiger partial charge in [0, 0.05) is 17.9 Å². The van der Waals surface area contributed by atoms with E-state index in [1.807, 2.05) is 0 Å². The van der Waals surface area contributed by atoms with Gasteiger partial charge in [0.25, 0.3) is 0 Å². The van der Waals surface area contributed by atoms with E-state index in [2.05, 4.69) is 53.0 Å². The molecule has 3 aliphatic carbocycles. The van der Waals surface area contributed by atoms with Crippen LogP contribution in [-0.4, -0.2) is 34.5 Å². The molecule has 0 spiro atoms. The second-order valence-electron chi connectivity index (χ2n) is 12.6. The fraction of sp³-hybridized carbons (Fsp3) is 0.710. The van der Waals surface area contributed by atoms with Crippen LogP contribution in [0.15, 0.2) is 47.6 Å². The Morgan fingerprint density at radius 1 is 1.11 bits per heavy atom. The summed E-state index contributed by atoms with van der Waals surface area (Å²) in [5, 5.41) is 20.3. The van der Waals surface area contributed by atoms with Crippen LogP contribution in [0.4, 0.5) is 0 Å². The number of carbonyl (C=O) groups excluding carboxylic acids is 1. The quantitative estimate of drug-likeness (QED) is 0.344. The zero-order valence-corrected chi connectivity index (χ0v) is 22.3. The molecule has 0 aromatic carbocycles. The first-order chi connectivity index (χ1) is 16.5. The van der Waals surface area contributed by atoms with Crippen LogP contribution in [0.3, 0.4) is 0 Å². The van der Waals surface area contributed by atoms with E-state index in [0.29, 0.717) is 42.1 Å². The van der Waals surface area contributed by atoms with Crippen molar-refractivity contribution < 1.29 is 19.7 Å². The Kier molecular flexibility index (Phi) is 7.83. The van der Waals surface area contributed by atoms with Gasteiger partial charge in [-0.3, -0.25) is 0 Å². The minimum absolute atomic E-state index is 0.0337. The molecule has 4 aliphatic rings. The third kappa shape index (κ3) is 5.25. The summed E-state index contributed by atoms with van der Waals surface area (Å²) in [4.78, 5) is 12.3. The van der Waals surface area contributed by atoms with Gasteiger partial charge in [0.15, 0.2) is 0 Å². The smallest absolute Gasteiger partial charge is 0.334 e. The average Bonchev–Trinajstić information content (AvgIpc) is 3.26. The third-order valence-electron chi connectivity index (χ3n) is 9.74. The summed E-state index contributed by atoms with van der Waals surface area (Å²) in [6.07, 6.45) is 12.1. The van der Waals surface area contributed by atoms with Gasteiger partial charge in [-0.2, -0.15) is 0 Å². The normalized spacial score (nSPS) is 41.1. The summed E-state index contributed by atoms with van der Waals surface area (Å²) >= 11 is 0. The zero-order valence-electron chi connectivity index (χ0n) is 22.3. The molecule has 3 saturated carbocycles. The first kappa shape index (κ1) is 26.4. The van der Waals surface area contributed by atoms with Gasteiger partial charge in [-0.25, -0.2) is 4.79 Å². The van der Waals surface area contributed by atoms with Gasteiger partial charge in [0.2, 0.25) is 0 Å². The largest absolute Gasteiger partial charge is 0.458 e. The lowest BCUT2D eigenvalue weighted by Crippen LogP contribution is -2.37. The maximum Gasteiger partial charge on any atom is 0.334 e. The Hall–Kier alpha value is -1.65. The summed E-state index contributed by atoms with van der Waals surface area (Å²) in [7, 11) is 0. The van der Waals surface area contributed by atoms with Gasteiger partial charge < -0.3 is 14.9 Å². The average molecular weight is 483 g/mol. The molecule has 0 bridgehead atoms. The lowest BCUT2D eigenvalue weighted by Gasteiger charge is -2.45. The Labute approximate surface area is 212 Å². The van der Waals surface area contributed by atoms with E-state index in [4.69, 9.17) is 4.74 Å². The summed E-state index contributed by atoms with van der Waals surface area (Å²) in [5.74, 6) is 2.14. The number of esters is 1. The first-order valence-corrected chi connectivity index (χ1v) is 13.9. The van der Waals surface area contributed by atoms with Crippen molar-refractivity contribution in [2.24, 2.45) is 35.0 Å². The fourth-order valence-corrected chi connectivity index (χ4v) is 7.90. The number of allylic oxidation sites excluding steroid dienone is 3. The SMILES string of the molecule is C=C1C(=O)OC(C[C@@H](C)[C@H]2CC[C@H]3C(=CC=C4C[C@@H](O)C[C@H](O)C4=C)CCC[C@]23C)C1CC(C)C. The van der Waals surface area contributed by atoms with Gasteiger partial charge in [-0.15, -0.1) is 0 Å². The molecule has 4 nitrogen and oxygen atoms in total. The van der Waals surface area contributed by atoms with E-state index < -0.39 is 12.2 Å². The minimum atomic E-state index is -0.642. The van der Waals surface area contributed by atoms with Crippen LogP contribution < -0.4 is 0 Å². The van der Waals surface area contributed by atoms with E-state index in [1.165, 1.54) is 31.3 Å². The predicted molar refractivity (Wildman–Crippen MR) is 140 cm³/mol. The maximum atomic E-state index is 12.3. The van der Waals surface area contributed by atoms with Gasteiger partial charge in [0.1, 0.15) is 6.10 Å². The minimum Gasteiger partial charge on any atom is -0.458 e. The summed E-state index contributed by atoms with van der Waals surface area (Å²) < 4.78 is 5.83. The van der Waals surface area contributed by atoms with Crippen LogP contribution in [0.2, 0.25) is 0 Å². The molecular formula is C31H46O4. The van der Waals surface area contributed by atoms with Crippen LogP contribution in [-0.2, 0) is 9.53 Å². The molecule has 2 unspecified atom stereocenters. The molecule has 4 fully saturated rings. The Bertz CT molecular complexity index is 911. The molecule has 4 heteroatoms. The Balaban J connectivity index is 1.48. The topological polar surface area (TPSA) is 66.8 Å². The van der Waals surface area contributed by atoms with Gasteiger partial charge in [-0.1, -0.05) is 58.6 Å². The molecule has 4 rings (SSSR count). The molecule has 2 N–H and O–H groups in total.